The number of nitrogens with zero attached hydrogens (tertiary/aromatic N) is 6. The summed E-state index contributed by atoms with van der Waals surface area (Å²) >= 11 is 6.29. The Hall–Kier alpha value is -3.67. The summed E-state index contributed by atoms with van der Waals surface area (Å²) in [5.74, 6) is 8.30. The van der Waals surface area contributed by atoms with Gasteiger partial charge in [0, 0.05) is 35.5 Å². The standard InChI is InChI=1S/C22H17ClN6O2/c1-30-12-20-26-27-22-16-9-15(23)5-7-18(16)29-13-25-17(19(29)11-28(20)22)6-3-14-4-8-21(31-2)24-10-14/h4-5,7-10,13H,11-12H2,1-2H3. The van der Waals surface area contributed by atoms with Crippen molar-refractivity contribution in [2.75, 3.05) is 14.2 Å². The summed E-state index contributed by atoms with van der Waals surface area (Å²) < 4.78 is 14.4. The van der Waals surface area contributed by atoms with Gasteiger partial charge in [-0.25, -0.2) is 9.97 Å². The second kappa shape index (κ2) is 7.87. The van der Waals surface area contributed by atoms with E-state index in [-0.39, 0.29) is 0 Å². The maximum absolute atomic E-state index is 6.29. The number of halogens is 1. The molecule has 3 aromatic heterocycles. The third kappa shape index (κ3) is 3.44. The van der Waals surface area contributed by atoms with Crippen molar-refractivity contribution in [3.8, 4) is 34.8 Å². The van der Waals surface area contributed by atoms with Crippen LogP contribution in [0, 0.1) is 11.8 Å². The van der Waals surface area contributed by atoms with Crippen LogP contribution in [-0.2, 0) is 17.9 Å². The van der Waals surface area contributed by atoms with Crippen LogP contribution < -0.4 is 4.74 Å². The highest BCUT2D eigenvalue weighted by molar-refractivity contribution is 6.31. The Morgan fingerprint density at radius 2 is 2.00 bits per heavy atom. The molecule has 5 rings (SSSR count). The first-order valence-corrected chi connectivity index (χ1v) is 9.85. The predicted octanol–water partition coefficient (Wildman–Crippen LogP) is 3.10. The highest BCUT2D eigenvalue weighted by atomic mass is 35.5. The van der Waals surface area contributed by atoms with Crippen LogP contribution in [0.1, 0.15) is 22.8 Å². The van der Waals surface area contributed by atoms with E-state index in [4.69, 9.17) is 21.1 Å². The van der Waals surface area contributed by atoms with E-state index in [0.29, 0.717) is 29.7 Å². The third-order valence-electron chi connectivity index (χ3n) is 5.00. The summed E-state index contributed by atoms with van der Waals surface area (Å²) in [7, 11) is 3.21. The van der Waals surface area contributed by atoms with E-state index in [1.165, 1.54) is 0 Å². The van der Waals surface area contributed by atoms with Gasteiger partial charge in [0.1, 0.15) is 18.6 Å². The van der Waals surface area contributed by atoms with Crippen molar-refractivity contribution in [3.05, 3.63) is 70.7 Å². The van der Waals surface area contributed by atoms with Crippen LogP contribution in [0.15, 0.2) is 42.9 Å². The van der Waals surface area contributed by atoms with Gasteiger partial charge in [0.15, 0.2) is 11.6 Å². The Bertz CT molecular complexity index is 1330. The minimum Gasteiger partial charge on any atom is -0.481 e. The van der Waals surface area contributed by atoms with Gasteiger partial charge in [-0.2, -0.15) is 0 Å². The van der Waals surface area contributed by atoms with Gasteiger partial charge in [-0.15, -0.1) is 10.2 Å². The van der Waals surface area contributed by atoms with E-state index < -0.39 is 0 Å². The first-order valence-electron chi connectivity index (χ1n) is 9.47. The fourth-order valence-corrected chi connectivity index (χ4v) is 3.70. The van der Waals surface area contributed by atoms with Gasteiger partial charge in [0.25, 0.3) is 0 Å². The van der Waals surface area contributed by atoms with E-state index in [2.05, 4.69) is 32.0 Å². The Morgan fingerprint density at radius 3 is 2.77 bits per heavy atom. The Morgan fingerprint density at radius 1 is 1.10 bits per heavy atom. The molecule has 4 aromatic rings. The first-order chi connectivity index (χ1) is 15.2. The number of imidazole rings is 1. The molecule has 0 unspecified atom stereocenters. The average Bonchev–Trinajstić information content (AvgIpc) is 3.34. The maximum atomic E-state index is 6.29. The molecular formula is C22H17ClN6O2. The highest BCUT2D eigenvalue weighted by Gasteiger charge is 2.25. The summed E-state index contributed by atoms with van der Waals surface area (Å²) in [6, 6.07) is 9.32. The lowest BCUT2D eigenvalue weighted by atomic mass is 10.1. The Kier molecular flexibility index (Phi) is 4.90. The van der Waals surface area contributed by atoms with Crippen molar-refractivity contribution in [1.82, 2.24) is 29.3 Å². The van der Waals surface area contributed by atoms with Gasteiger partial charge in [-0.1, -0.05) is 17.5 Å². The quantitative estimate of drug-likeness (QED) is 0.407. The zero-order valence-electron chi connectivity index (χ0n) is 16.8. The monoisotopic (exact) mass is 432 g/mol. The first kappa shape index (κ1) is 19.3. The summed E-state index contributed by atoms with van der Waals surface area (Å²) in [5.41, 5.74) is 4.15. The minimum absolute atomic E-state index is 0.343. The molecule has 0 saturated heterocycles. The van der Waals surface area contributed by atoms with Gasteiger partial charge in [-0.05, 0) is 30.2 Å². The second-order valence-electron chi connectivity index (χ2n) is 6.87. The molecule has 1 aromatic carbocycles. The SMILES string of the molecule is COCc1nnc2n1Cc1c(C#Cc3ccc(OC)nc3)ncn1-c1ccc(Cl)cc1-2. The molecule has 154 valence electrons. The van der Waals surface area contributed by atoms with E-state index in [1.807, 2.05) is 33.4 Å². The normalized spacial score (nSPS) is 11.6. The smallest absolute Gasteiger partial charge is 0.212 e. The number of rotatable bonds is 3. The van der Waals surface area contributed by atoms with Crippen LogP contribution in [-0.4, -0.2) is 43.5 Å². The molecule has 0 bridgehead atoms. The molecule has 0 spiro atoms. The maximum Gasteiger partial charge on any atom is 0.212 e. The topological polar surface area (TPSA) is 79.9 Å². The van der Waals surface area contributed by atoms with Gasteiger partial charge in [0.2, 0.25) is 5.88 Å². The zero-order chi connectivity index (χ0) is 21.4. The van der Waals surface area contributed by atoms with Crippen LogP contribution in [0.5, 0.6) is 5.88 Å². The minimum atomic E-state index is 0.343. The summed E-state index contributed by atoms with van der Waals surface area (Å²) in [6.45, 7) is 0.841. The summed E-state index contributed by atoms with van der Waals surface area (Å²) in [5, 5.41) is 9.34. The molecule has 0 aliphatic carbocycles. The molecule has 0 saturated carbocycles. The number of methoxy groups -OCH3 is 2. The van der Waals surface area contributed by atoms with Crippen LogP contribution in [0.3, 0.4) is 0 Å². The molecule has 31 heavy (non-hydrogen) atoms. The fourth-order valence-electron chi connectivity index (χ4n) is 3.53. The molecule has 0 amide bonds. The van der Waals surface area contributed by atoms with E-state index >= 15 is 0 Å². The Labute approximate surface area is 183 Å². The van der Waals surface area contributed by atoms with Crippen LogP contribution >= 0.6 is 11.6 Å². The molecule has 1 aliphatic rings. The predicted molar refractivity (Wildman–Crippen MR) is 114 cm³/mol. The molecule has 9 heteroatoms. The van der Waals surface area contributed by atoms with Gasteiger partial charge < -0.3 is 14.0 Å². The number of fused-ring (bicyclic) bond motifs is 5. The third-order valence-corrected chi connectivity index (χ3v) is 5.24. The Balaban J connectivity index is 1.64. The number of benzene rings is 1. The number of pyridine rings is 1. The number of ether oxygens (including phenoxy) is 2. The lowest BCUT2D eigenvalue weighted by molar-refractivity contribution is 0.174. The van der Waals surface area contributed by atoms with Crippen molar-refractivity contribution in [2.45, 2.75) is 13.2 Å². The van der Waals surface area contributed by atoms with Crippen molar-refractivity contribution in [2.24, 2.45) is 0 Å². The highest BCUT2D eigenvalue weighted by Crippen LogP contribution is 2.34. The number of hydrogen-bond acceptors (Lipinski definition) is 6. The molecule has 0 radical (unpaired) electrons. The van der Waals surface area contributed by atoms with Crippen molar-refractivity contribution >= 4 is 11.6 Å². The van der Waals surface area contributed by atoms with Crippen LogP contribution in [0.2, 0.25) is 5.02 Å². The average molecular weight is 433 g/mol. The van der Waals surface area contributed by atoms with Crippen molar-refractivity contribution < 1.29 is 9.47 Å². The van der Waals surface area contributed by atoms with Crippen LogP contribution in [0.4, 0.5) is 0 Å². The molecule has 0 fully saturated rings. The summed E-state index contributed by atoms with van der Waals surface area (Å²) in [6.07, 6.45) is 3.45. The molecule has 4 heterocycles. The van der Waals surface area contributed by atoms with E-state index in [1.54, 1.807) is 32.8 Å². The number of hydrogen-bond donors (Lipinski definition) is 0. The number of aromatic nitrogens is 6. The van der Waals surface area contributed by atoms with Crippen molar-refractivity contribution in [3.63, 3.8) is 0 Å². The van der Waals surface area contributed by atoms with Crippen LogP contribution in [0.25, 0.3) is 17.1 Å². The molecule has 0 atom stereocenters. The zero-order valence-corrected chi connectivity index (χ0v) is 17.6. The molecular weight excluding hydrogens is 416 g/mol. The summed E-state index contributed by atoms with van der Waals surface area (Å²) in [4.78, 5) is 8.76. The lowest BCUT2D eigenvalue weighted by Crippen LogP contribution is -2.09. The lowest BCUT2D eigenvalue weighted by Gasteiger charge is -2.08. The fraction of sp³-hybridized carbons (Fsp3) is 0.182. The van der Waals surface area contributed by atoms with Gasteiger partial charge in [-0.3, -0.25) is 4.57 Å². The molecule has 8 nitrogen and oxygen atoms in total. The van der Waals surface area contributed by atoms with E-state index in [9.17, 15) is 0 Å². The van der Waals surface area contributed by atoms with Gasteiger partial charge >= 0.3 is 0 Å². The van der Waals surface area contributed by atoms with Crippen molar-refractivity contribution in [1.29, 1.82) is 0 Å². The second-order valence-corrected chi connectivity index (χ2v) is 7.31. The molecule has 1 aliphatic heterocycles. The van der Waals surface area contributed by atoms with Gasteiger partial charge in [0.05, 0.1) is 25.0 Å². The van der Waals surface area contributed by atoms with E-state index in [0.717, 1.165) is 34.2 Å². The molecule has 0 N–H and O–H groups in total. The largest absolute Gasteiger partial charge is 0.481 e.